The monoisotopic (exact) mass is 528 g/mol. The predicted molar refractivity (Wildman–Crippen MR) is 130 cm³/mol. The van der Waals surface area contributed by atoms with Crippen LogP contribution in [0.3, 0.4) is 0 Å². The molecule has 1 aromatic heterocycles. The average Bonchev–Trinajstić information content (AvgIpc) is 3.27. The average molecular weight is 529 g/mol. The number of carbonyl (C=O) groups excluding carboxylic acids is 3. The highest BCUT2D eigenvalue weighted by atomic mass is 35.5. The van der Waals surface area contributed by atoms with Crippen LogP contribution in [0.25, 0.3) is 0 Å². The molecule has 0 bridgehead atoms. The molecule has 0 amide bonds. The van der Waals surface area contributed by atoms with Gasteiger partial charge in [-0.3, -0.25) is 9.59 Å². The Hall–Kier alpha value is -1.89. The molecule has 0 radical (unpaired) electrons. The smallest absolute Gasteiger partial charge is 0.375 e. The van der Waals surface area contributed by atoms with Crippen molar-refractivity contribution in [2.75, 3.05) is 5.83 Å². The summed E-state index contributed by atoms with van der Waals surface area (Å²) in [7, 11) is 0. The minimum absolute atomic E-state index is 0.0508. The molecule has 3 fully saturated rings. The van der Waals surface area contributed by atoms with Crippen LogP contribution in [0.15, 0.2) is 46.5 Å². The van der Waals surface area contributed by atoms with E-state index in [1.54, 1.807) is 6.92 Å². The van der Waals surface area contributed by atoms with E-state index in [2.05, 4.69) is 0 Å². The van der Waals surface area contributed by atoms with Gasteiger partial charge in [-0.2, -0.15) is 0 Å². The maximum atomic E-state index is 14.0. The maximum absolute atomic E-state index is 14.0. The minimum atomic E-state index is -3.07. The van der Waals surface area contributed by atoms with E-state index in [0.717, 1.165) is 6.08 Å². The van der Waals surface area contributed by atoms with Crippen LogP contribution in [0, 0.1) is 28.6 Å². The number of allylic oxidation sites excluding steroid dienone is 4. The lowest BCUT2D eigenvalue weighted by Crippen LogP contribution is -2.69. The standard InChI is InChI=1S/C27H30Cl2O6/c1-15-11-19-18-7-6-16-12-17(30)8-9-24(16,2)26(18,29)21(31)13-25(19,3)27(15,22(32)14-28)35-23(33)20-5-4-10-34-20/h4-5,8-10,12,15,18-19,21,31H,6-7,11,13-14H2,1-3H3/t15-,18+,19+,21+,24+,25+,26+,27-/m1/s1/i4D,5D,6D2,10D,12D,14D2. The summed E-state index contributed by atoms with van der Waals surface area (Å²) in [6.45, 7) is 4.60. The fraction of sp³-hybridized carbons (Fsp3) is 0.593. The molecule has 4 aliphatic rings. The van der Waals surface area contributed by atoms with Crippen molar-refractivity contribution in [2.45, 2.75) is 63.0 Å². The van der Waals surface area contributed by atoms with Gasteiger partial charge in [0.15, 0.2) is 17.2 Å². The van der Waals surface area contributed by atoms with Gasteiger partial charge in [-0.25, -0.2) is 4.79 Å². The third kappa shape index (κ3) is 3.02. The predicted octanol–water partition coefficient (Wildman–Crippen LogP) is 4.87. The van der Waals surface area contributed by atoms with Gasteiger partial charge in [0.25, 0.3) is 0 Å². The molecule has 35 heavy (non-hydrogen) atoms. The summed E-state index contributed by atoms with van der Waals surface area (Å²) >= 11 is 13.3. The number of hydrogen-bond donors (Lipinski definition) is 1. The topological polar surface area (TPSA) is 93.8 Å². The zero-order valence-electron chi connectivity index (χ0n) is 27.3. The fourth-order valence-electron chi connectivity index (χ4n) is 7.33. The van der Waals surface area contributed by atoms with Crippen LogP contribution in [0.2, 0.25) is 0 Å². The van der Waals surface area contributed by atoms with E-state index in [-0.39, 0.29) is 24.8 Å². The molecule has 8 atom stereocenters. The molecule has 0 spiro atoms. The molecule has 8 heteroatoms. The van der Waals surface area contributed by atoms with E-state index in [1.807, 2.05) is 0 Å². The van der Waals surface area contributed by atoms with Gasteiger partial charge in [-0.15, -0.1) is 23.2 Å². The molecule has 3 saturated carbocycles. The van der Waals surface area contributed by atoms with E-state index < -0.39 is 105 Å². The van der Waals surface area contributed by atoms with Crippen LogP contribution < -0.4 is 0 Å². The molecule has 5 rings (SSSR count). The van der Waals surface area contributed by atoms with Crippen LogP contribution in [-0.4, -0.2) is 45.1 Å². The highest BCUT2D eigenvalue weighted by Crippen LogP contribution is 2.72. The van der Waals surface area contributed by atoms with E-state index in [4.69, 9.17) is 43.3 Å². The number of carbonyl (C=O) groups is 3. The number of furan rings is 1. The number of Topliss-reactive ketones (excluding diaryl/α,β-unsaturated/α-hetero) is 1. The number of esters is 1. The number of fused-ring (bicyclic) bond motifs is 5. The van der Waals surface area contributed by atoms with E-state index in [1.165, 1.54) is 19.9 Å². The first-order chi connectivity index (χ1) is 19.5. The van der Waals surface area contributed by atoms with Gasteiger partial charge in [0.2, 0.25) is 5.76 Å². The molecule has 4 aliphatic carbocycles. The second-order valence-corrected chi connectivity index (χ2v) is 11.2. The molecule has 0 unspecified atom stereocenters. The quantitative estimate of drug-likeness (QED) is 0.442. The lowest BCUT2D eigenvalue weighted by molar-refractivity contribution is -0.177. The van der Waals surface area contributed by atoms with Crippen molar-refractivity contribution in [3.05, 3.63) is 47.9 Å². The Kier molecular flexibility index (Phi) is 3.86. The van der Waals surface area contributed by atoms with Crippen molar-refractivity contribution in [2.24, 2.45) is 28.6 Å². The Morgan fingerprint density at radius 1 is 1.40 bits per heavy atom. The SMILES string of the molecule is [2H]C1=C2C([2H])([2H])C[C@H]3[C@@H]4C[C@@H](C)[C@@](OC(=O)c5oc([2H])c([2H])c5[2H])(C(=O)C([2H])([2H])Cl)[C@@]4(C)C[C@H](O)[C@]3(Cl)[C@@]2(C)C=CC1=O. The minimum Gasteiger partial charge on any atom is -0.457 e. The lowest BCUT2D eigenvalue weighted by atomic mass is 9.45. The largest absolute Gasteiger partial charge is 0.457 e. The summed E-state index contributed by atoms with van der Waals surface area (Å²) in [5.74, 6) is -10.0. The number of rotatable bonds is 4. The number of alkyl halides is 2. The molecule has 0 saturated heterocycles. The van der Waals surface area contributed by atoms with Crippen molar-refractivity contribution in [1.82, 2.24) is 0 Å². The first-order valence-electron chi connectivity index (χ1n) is 15.4. The number of ketones is 2. The number of halogens is 2. The van der Waals surface area contributed by atoms with E-state index in [9.17, 15) is 19.5 Å². The van der Waals surface area contributed by atoms with Crippen molar-refractivity contribution in [1.29, 1.82) is 0 Å². The molecule has 0 aromatic carbocycles. The second-order valence-electron chi connectivity index (χ2n) is 10.4. The Morgan fingerprint density at radius 2 is 2.14 bits per heavy atom. The van der Waals surface area contributed by atoms with Gasteiger partial charge in [0.05, 0.1) is 29.9 Å². The van der Waals surface area contributed by atoms with Crippen molar-refractivity contribution in [3.63, 3.8) is 0 Å². The summed E-state index contributed by atoms with van der Waals surface area (Å²) < 4.78 is 76.8. The van der Waals surface area contributed by atoms with Crippen LogP contribution in [0.1, 0.15) is 67.9 Å². The molecule has 0 aliphatic heterocycles. The van der Waals surface area contributed by atoms with Gasteiger partial charge in [0.1, 0.15) is 1.37 Å². The summed E-state index contributed by atoms with van der Waals surface area (Å²) in [5, 5.41) is 11.9. The molecular weight excluding hydrogens is 491 g/mol. The summed E-state index contributed by atoms with van der Waals surface area (Å²) in [6.07, 6.45) is -2.70. The first-order valence-corrected chi connectivity index (χ1v) is 12.1. The number of aliphatic hydroxyl groups is 1. The second kappa shape index (κ2) is 8.06. The van der Waals surface area contributed by atoms with Crippen molar-refractivity contribution < 1.29 is 39.6 Å². The lowest BCUT2D eigenvalue weighted by Gasteiger charge is -2.64. The molecule has 6 nitrogen and oxygen atoms in total. The Labute approximate surface area is 225 Å². The third-order valence-corrected chi connectivity index (χ3v) is 10.1. The number of aliphatic hydroxyl groups excluding tert-OH is 1. The molecule has 1 aromatic rings. The van der Waals surface area contributed by atoms with Gasteiger partial charge < -0.3 is 14.3 Å². The van der Waals surface area contributed by atoms with Crippen LogP contribution in [-0.2, 0) is 14.3 Å². The Bertz CT molecular complexity index is 1520. The zero-order valence-corrected chi connectivity index (χ0v) is 20.8. The maximum Gasteiger partial charge on any atom is 0.375 e. The summed E-state index contributed by atoms with van der Waals surface area (Å²) in [4.78, 5) is 38.3. The van der Waals surface area contributed by atoms with Crippen LogP contribution in [0.5, 0.6) is 0 Å². The Balaban J connectivity index is 1.71. The van der Waals surface area contributed by atoms with Crippen LogP contribution >= 0.6 is 23.2 Å². The summed E-state index contributed by atoms with van der Waals surface area (Å²) in [6, 6.07) is -2.01. The fourth-order valence-corrected chi connectivity index (χ4v) is 7.94. The third-order valence-electron chi connectivity index (χ3n) is 8.97. The Morgan fingerprint density at radius 3 is 2.80 bits per heavy atom. The molecule has 188 valence electrons. The highest BCUT2D eigenvalue weighted by Gasteiger charge is 2.76. The number of ether oxygens (including phenoxy) is 1. The molecular formula is C27H30Cl2O6. The van der Waals surface area contributed by atoms with Gasteiger partial charge in [-0.05, 0) is 61.7 Å². The highest BCUT2D eigenvalue weighted by molar-refractivity contribution is 6.29. The van der Waals surface area contributed by atoms with Gasteiger partial charge in [0, 0.05) is 19.5 Å². The van der Waals surface area contributed by atoms with Crippen LogP contribution in [0.4, 0.5) is 0 Å². The van der Waals surface area contributed by atoms with Gasteiger partial charge >= 0.3 is 5.97 Å². The van der Waals surface area contributed by atoms with Gasteiger partial charge in [-0.1, -0.05) is 32.4 Å². The van der Waals surface area contributed by atoms with Crippen molar-refractivity contribution in [3.8, 4) is 0 Å². The normalized spacial score (nSPS) is 49.6. The van der Waals surface area contributed by atoms with Crippen molar-refractivity contribution >= 4 is 40.7 Å². The zero-order chi connectivity index (χ0) is 32.5. The molecule has 1 heterocycles. The summed E-state index contributed by atoms with van der Waals surface area (Å²) in [5.41, 5.74) is -5.65. The molecule has 1 N–H and O–H groups in total. The number of hydrogen-bond acceptors (Lipinski definition) is 6. The van der Waals surface area contributed by atoms with E-state index >= 15 is 0 Å². The van der Waals surface area contributed by atoms with E-state index in [0.29, 0.717) is 0 Å². The first kappa shape index (κ1) is 16.8.